The molecule has 0 bridgehead atoms. The molecule has 0 aromatic carbocycles. The van der Waals surface area contributed by atoms with Gasteiger partial charge in [-0.25, -0.2) is 4.39 Å². The van der Waals surface area contributed by atoms with Gasteiger partial charge in [-0.05, 0) is 31.7 Å². The first-order chi connectivity index (χ1) is 9.15. The van der Waals surface area contributed by atoms with Crippen LogP contribution in [-0.4, -0.2) is 28.6 Å². The molecule has 0 radical (unpaired) electrons. The van der Waals surface area contributed by atoms with E-state index in [2.05, 4.69) is 9.88 Å². The number of hydrogen-bond donors (Lipinski definition) is 1. The van der Waals surface area contributed by atoms with Crippen LogP contribution in [0.15, 0.2) is 41.3 Å². The summed E-state index contributed by atoms with van der Waals surface area (Å²) in [5.74, 6) is -0.395. The molecule has 2 aromatic rings. The molecule has 0 fully saturated rings. The van der Waals surface area contributed by atoms with Crippen LogP contribution in [0.4, 0.5) is 4.39 Å². The van der Waals surface area contributed by atoms with Crippen LogP contribution in [0.5, 0.6) is 0 Å². The number of pyridine rings is 1. The van der Waals surface area contributed by atoms with Gasteiger partial charge in [-0.2, -0.15) is 0 Å². The fraction of sp³-hybridized carbons (Fsp3) is 0.357. The van der Waals surface area contributed by atoms with Gasteiger partial charge in [0.25, 0.3) is 0 Å². The molecular weight excluding hydrogens is 247 g/mol. The molecular formula is C14H17FN2O2. The molecule has 1 N–H and O–H groups in total. The molecule has 0 spiro atoms. The molecule has 102 valence electrons. The molecule has 19 heavy (non-hydrogen) atoms. The average molecular weight is 264 g/mol. The quantitative estimate of drug-likeness (QED) is 0.870. The topological polar surface area (TPSA) is 49.5 Å². The van der Waals surface area contributed by atoms with Crippen LogP contribution >= 0.6 is 0 Å². The van der Waals surface area contributed by atoms with Crippen molar-refractivity contribution in [3.8, 4) is 0 Å². The highest BCUT2D eigenvalue weighted by atomic mass is 19.1. The lowest BCUT2D eigenvalue weighted by Crippen LogP contribution is -2.20. The van der Waals surface area contributed by atoms with E-state index in [4.69, 9.17) is 4.42 Å². The van der Waals surface area contributed by atoms with Crippen LogP contribution in [0, 0.1) is 5.82 Å². The van der Waals surface area contributed by atoms with Gasteiger partial charge in [0.15, 0.2) is 0 Å². The van der Waals surface area contributed by atoms with Crippen molar-refractivity contribution in [2.45, 2.75) is 19.1 Å². The van der Waals surface area contributed by atoms with Crippen LogP contribution in [0.3, 0.4) is 0 Å². The highest BCUT2D eigenvalue weighted by Crippen LogP contribution is 2.15. The predicted molar refractivity (Wildman–Crippen MR) is 68.8 cm³/mol. The van der Waals surface area contributed by atoms with Gasteiger partial charge < -0.3 is 14.4 Å². The molecule has 0 saturated heterocycles. The average Bonchev–Trinajstić information content (AvgIpc) is 2.89. The van der Waals surface area contributed by atoms with Crippen molar-refractivity contribution in [3.05, 3.63) is 54.0 Å². The largest absolute Gasteiger partial charge is 0.472 e. The van der Waals surface area contributed by atoms with E-state index >= 15 is 0 Å². The molecule has 0 aliphatic carbocycles. The molecule has 0 saturated carbocycles. The Labute approximate surface area is 111 Å². The maximum Gasteiger partial charge on any atom is 0.141 e. The number of halogens is 1. The first kappa shape index (κ1) is 13.7. The minimum absolute atomic E-state index is 0.395. The second-order valence-corrected chi connectivity index (χ2v) is 4.58. The molecule has 5 heteroatoms. The van der Waals surface area contributed by atoms with Crippen molar-refractivity contribution >= 4 is 0 Å². The van der Waals surface area contributed by atoms with Gasteiger partial charge in [0, 0.05) is 18.7 Å². The van der Waals surface area contributed by atoms with E-state index in [1.54, 1.807) is 12.5 Å². The van der Waals surface area contributed by atoms with E-state index in [1.807, 2.05) is 13.1 Å². The lowest BCUT2D eigenvalue weighted by Gasteiger charge is -2.17. The summed E-state index contributed by atoms with van der Waals surface area (Å²) in [5, 5.41) is 9.96. The number of aliphatic hydroxyl groups is 1. The number of aliphatic hydroxyl groups excluding tert-OH is 1. The Morgan fingerprint density at radius 1 is 1.42 bits per heavy atom. The van der Waals surface area contributed by atoms with Crippen LogP contribution < -0.4 is 0 Å². The van der Waals surface area contributed by atoms with Gasteiger partial charge >= 0.3 is 0 Å². The third kappa shape index (κ3) is 4.15. The Hall–Kier alpha value is -1.72. The second kappa shape index (κ2) is 6.45. The number of furan rings is 1. The van der Waals surface area contributed by atoms with Crippen molar-refractivity contribution in [1.82, 2.24) is 9.88 Å². The summed E-state index contributed by atoms with van der Waals surface area (Å²) < 4.78 is 17.7. The minimum Gasteiger partial charge on any atom is -0.472 e. The molecule has 2 heterocycles. The fourth-order valence-corrected chi connectivity index (χ4v) is 1.85. The molecule has 2 rings (SSSR count). The summed E-state index contributed by atoms with van der Waals surface area (Å²) >= 11 is 0. The molecule has 1 atom stereocenters. The third-order valence-electron chi connectivity index (χ3n) is 2.91. The standard InChI is InChI=1S/C14H17FN2O2/c1-17(9-11-5-7-19-10-11)6-4-14(18)13-3-2-12(15)8-16-13/h2-3,5,7-8,10,14,18H,4,6,9H2,1H3. The van der Waals surface area contributed by atoms with Crippen molar-refractivity contribution in [1.29, 1.82) is 0 Å². The smallest absolute Gasteiger partial charge is 0.141 e. The van der Waals surface area contributed by atoms with E-state index in [0.717, 1.165) is 18.3 Å². The van der Waals surface area contributed by atoms with Gasteiger partial charge in [0.05, 0.1) is 30.5 Å². The zero-order valence-electron chi connectivity index (χ0n) is 10.8. The highest BCUT2D eigenvalue weighted by molar-refractivity contribution is 5.08. The van der Waals surface area contributed by atoms with E-state index in [0.29, 0.717) is 18.7 Å². The van der Waals surface area contributed by atoms with Gasteiger partial charge in [-0.1, -0.05) is 0 Å². The minimum atomic E-state index is -0.674. The predicted octanol–water partition coefficient (Wildman–Crippen LogP) is 2.37. The van der Waals surface area contributed by atoms with E-state index in [1.165, 1.54) is 12.1 Å². The van der Waals surface area contributed by atoms with Crippen LogP contribution in [0.25, 0.3) is 0 Å². The Balaban J connectivity index is 1.79. The molecule has 1 unspecified atom stereocenters. The lowest BCUT2D eigenvalue weighted by atomic mass is 10.1. The first-order valence-electron chi connectivity index (χ1n) is 6.14. The number of rotatable bonds is 6. The Morgan fingerprint density at radius 3 is 2.89 bits per heavy atom. The van der Waals surface area contributed by atoms with Crippen molar-refractivity contribution in [3.63, 3.8) is 0 Å². The van der Waals surface area contributed by atoms with Gasteiger partial charge in [0.2, 0.25) is 0 Å². The maximum atomic E-state index is 12.7. The molecule has 0 amide bonds. The van der Waals surface area contributed by atoms with Crippen LogP contribution in [0.2, 0.25) is 0 Å². The zero-order chi connectivity index (χ0) is 13.7. The summed E-state index contributed by atoms with van der Waals surface area (Å²) in [5.41, 5.74) is 1.59. The summed E-state index contributed by atoms with van der Waals surface area (Å²) in [6.07, 6.45) is 4.34. The fourth-order valence-electron chi connectivity index (χ4n) is 1.85. The normalized spacial score (nSPS) is 12.8. The summed E-state index contributed by atoms with van der Waals surface area (Å²) in [6.45, 7) is 1.48. The monoisotopic (exact) mass is 264 g/mol. The Morgan fingerprint density at radius 2 is 2.26 bits per heavy atom. The van der Waals surface area contributed by atoms with Crippen LogP contribution in [-0.2, 0) is 6.54 Å². The zero-order valence-corrected chi connectivity index (χ0v) is 10.8. The summed E-state index contributed by atoms with van der Waals surface area (Å²) in [7, 11) is 1.97. The third-order valence-corrected chi connectivity index (χ3v) is 2.91. The number of aromatic nitrogens is 1. The molecule has 2 aromatic heterocycles. The second-order valence-electron chi connectivity index (χ2n) is 4.58. The molecule has 0 aliphatic heterocycles. The van der Waals surface area contributed by atoms with Gasteiger partial charge in [-0.3, -0.25) is 4.98 Å². The summed E-state index contributed by atoms with van der Waals surface area (Å²) in [6, 6.07) is 4.73. The summed E-state index contributed by atoms with van der Waals surface area (Å²) in [4.78, 5) is 5.95. The highest BCUT2D eigenvalue weighted by Gasteiger charge is 2.11. The van der Waals surface area contributed by atoms with Gasteiger partial charge in [0.1, 0.15) is 5.82 Å². The van der Waals surface area contributed by atoms with Crippen molar-refractivity contribution < 1.29 is 13.9 Å². The molecule has 0 aliphatic rings. The molecule has 4 nitrogen and oxygen atoms in total. The van der Waals surface area contributed by atoms with E-state index in [9.17, 15) is 9.50 Å². The Kier molecular flexibility index (Phi) is 4.65. The lowest BCUT2D eigenvalue weighted by molar-refractivity contribution is 0.143. The van der Waals surface area contributed by atoms with E-state index < -0.39 is 11.9 Å². The van der Waals surface area contributed by atoms with Gasteiger partial charge in [-0.15, -0.1) is 0 Å². The SMILES string of the molecule is CN(CCC(O)c1ccc(F)cn1)Cc1ccoc1. The number of hydrogen-bond acceptors (Lipinski definition) is 4. The maximum absolute atomic E-state index is 12.7. The van der Waals surface area contributed by atoms with Crippen molar-refractivity contribution in [2.24, 2.45) is 0 Å². The van der Waals surface area contributed by atoms with Crippen LogP contribution in [0.1, 0.15) is 23.8 Å². The first-order valence-corrected chi connectivity index (χ1v) is 6.14. The van der Waals surface area contributed by atoms with Crippen molar-refractivity contribution in [2.75, 3.05) is 13.6 Å². The number of nitrogens with zero attached hydrogens (tertiary/aromatic N) is 2. The Bertz CT molecular complexity index is 485. The van der Waals surface area contributed by atoms with E-state index in [-0.39, 0.29) is 0 Å².